The minimum Gasteiger partial charge on any atom is -0.474 e. The molecule has 0 unspecified atom stereocenters. The summed E-state index contributed by atoms with van der Waals surface area (Å²) in [5.74, 6) is 0.810. The Bertz CT molecular complexity index is 783. The van der Waals surface area contributed by atoms with E-state index in [1.54, 1.807) is 18.3 Å². The summed E-state index contributed by atoms with van der Waals surface area (Å²) in [5.41, 5.74) is 0.636. The third kappa shape index (κ3) is 4.01. The molecule has 2 aliphatic heterocycles. The van der Waals surface area contributed by atoms with Gasteiger partial charge in [-0.15, -0.1) is 0 Å². The molecule has 0 radical (unpaired) electrons. The van der Waals surface area contributed by atoms with Crippen molar-refractivity contribution in [2.75, 3.05) is 26.3 Å². The summed E-state index contributed by atoms with van der Waals surface area (Å²) < 4.78 is 11.5. The molecular weight excluding hydrogens is 376 g/mol. The molecule has 0 aliphatic carbocycles. The Morgan fingerprint density at radius 2 is 1.82 bits per heavy atom. The highest BCUT2D eigenvalue weighted by Gasteiger charge is 2.44. The van der Waals surface area contributed by atoms with Crippen LogP contribution in [0.25, 0.3) is 0 Å². The normalized spacial score (nSPS) is 20.0. The summed E-state index contributed by atoms with van der Waals surface area (Å²) in [7, 11) is 0. The number of hydrogen-bond acceptors (Lipinski definition) is 4. The lowest BCUT2D eigenvalue weighted by atomic mass is 9.72. The molecule has 28 heavy (non-hydrogen) atoms. The van der Waals surface area contributed by atoms with Crippen molar-refractivity contribution in [3.63, 3.8) is 0 Å². The first-order chi connectivity index (χ1) is 13.7. The van der Waals surface area contributed by atoms with Crippen molar-refractivity contribution in [1.29, 1.82) is 0 Å². The Hall–Kier alpha value is -2.11. The molecule has 0 saturated carbocycles. The fourth-order valence-electron chi connectivity index (χ4n) is 4.19. The Balaban J connectivity index is 1.42. The summed E-state index contributed by atoms with van der Waals surface area (Å²) in [6.45, 7) is 2.66. The van der Waals surface area contributed by atoms with Gasteiger partial charge in [-0.3, -0.25) is 4.79 Å². The number of halogens is 1. The number of carbonyl (C=O) groups is 1. The van der Waals surface area contributed by atoms with E-state index >= 15 is 0 Å². The molecule has 1 aromatic carbocycles. The van der Waals surface area contributed by atoms with Gasteiger partial charge in [0.05, 0.1) is 10.4 Å². The predicted octanol–water partition coefficient (Wildman–Crippen LogP) is 3.85. The van der Waals surface area contributed by atoms with E-state index in [0.717, 1.165) is 31.2 Å². The maximum absolute atomic E-state index is 13.6. The van der Waals surface area contributed by atoms with Gasteiger partial charge in [0.25, 0.3) is 0 Å². The van der Waals surface area contributed by atoms with E-state index in [9.17, 15) is 4.79 Å². The molecule has 1 aromatic heterocycles. The molecule has 2 aliphatic rings. The third-order valence-corrected chi connectivity index (χ3v) is 6.02. The van der Waals surface area contributed by atoms with Crippen LogP contribution in [0.1, 0.15) is 31.2 Å². The minimum atomic E-state index is -0.467. The van der Waals surface area contributed by atoms with Gasteiger partial charge < -0.3 is 14.4 Å². The second-order valence-electron chi connectivity index (χ2n) is 7.48. The quantitative estimate of drug-likeness (QED) is 0.782. The van der Waals surface area contributed by atoms with Crippen LogP contribution in [0, 0.1) is 0 Å². The first-order valence-corrected chi connectivity index (χ1v) is 10.3. The molecule has 4 rings (SSSR count). The summed E-state index contributed by atoms with van der Waals surface area (Å²) in [6, 6.07) is 13.7. The fourth-order valence-corrected chi connectivity index (χ4v) is 4.30. The van der Waals surface area contributed by atoms with E-state index in [1.807, 2.05) is 23.1 Å². The van der Waals surface area contributed by atoms with Crippen LogP contribution in [0.4, 0.5) is 0 Å². The molecular formula is C22H25ClN2O3. The average molecular weight is 401 g/mol. The van der Waals surface area contributed by atoms with Gasteiger partial charge in [0, 0.05) is 51.4 Å². The number of rotatable bonds is 4. The zero-order valence-electron chi connectivity index (χ0n) is 15.9. The maximum atomic E-state index is 13.6. The van der Waals surface area contributed by atoms with Gasteiger partial charge in [-0.2, -0.15) is 0 Å². The van der Waals surface area contributed by atoms with Gasteiger partial charge in [-0.05, 0) is 24.5 Å². The molecule has 0 bridgehead atoms. The fraction of sp³-hybridized carbons (Fsp3) is 0.455. The van der Waals surface area contributed by atoms with Crippen molar-refractivity contribution in [1.82, 2.24) is 9.88 Å². The second kappa shape index (κ2) is 8.50. The molecule has 5 nitrogen and oxygen atoms in total. The van der Waals surface area contributed by atoms with Crippen LogP contribution in [0.15, 0.2) is 48.7 Å². The highest BCUT2D eigenvalue weighted by Crippen LogP contribution is 2.37. The summed E-state index contributed by atoms with van der Waals surface area (Å²) in [6.07, 6.45) is 4.74. The molecule has 1 amide bonds. The molecule has 0 spiro atoms. The standard InChI is InChI=1S/C22H25ClN2O3/c23-18-6-7-20(24-16-18)28-19-8-12-25(13-9-19)21(26)22(10-14-27-15-11-22)17-4-2-1-3-5-17/h1-7,16,19H,8-15H2. The number of likely N-dealkylation sites (tertiary alicyclic amines) is 1. The maximum Gasteiger partial charge on any atom is 0.233 e. The van der Waals surface area contributed by atoms with Crippen LogP contribution in [0.2, 0.25) is 5.02 Å². The monoisotopic (exact) mass is 400 g/mol. The topological polar surface area (TPSA) is 51.7 Å². The lowest BCUT2D eigenvalue weighted by Crippen LogP contribution is -2.53. The summed E-state index contributed by atoms with van der Waals surface area (Å²) in [5, 5.41) is 0.593. The van der Waals surface area contributed by atoms with Crippen LogP contribution < -0.4 is 4.74 Å². The van der Waals surface area contributed by atoms with Gasteiger partial charge >= 0.3 is 0 Å². The van der Waals surface area contributed by atoms with Crippen molar-refractivity contribution in [3.8, 4) is 5.88 Å². The number of benzene rings is 1. The Labute approximate surface area is 170 Å². The van der Waals surface area contributed by atoms with Gasteiger partial charge in [-0.25, -0.2) is 4.98 Å². The molecule has 2 saturated heterocycles. The smallest absolute Gasteiger partial charge is 0.233 e. The Morgan fingerprint density at radius 1 is 1.11 bits per heavy atom. The third-order valence-electron chi connectivity index (χ3n) is 5.80. The van der Waals surface area contributed by atoms with Crippen LogP contribution in [0.5, 0.6) is 5.88 Å². The van der Waals surface area contributed by atoms with E-state index in [4.69, 9.17) is 21.1 Å². The number of hydrogen-bond donors (Lipinski definition) is 0. The van der Waals surface area contributed by atoms with Gasteiger partial charge in [0.2, 0.25) is 11.8 Å². The Kier molecular flexibility index (Phi) is 5.83. The minimum absolute atomic E-state index is 0.0695. The molecule has 148 valence electrons. The van der Waals surface area contributed by atoms with E-state index in [-0.39, 0.29) is 12.0 Å². The van der Waals surface area contributed by atoms with Crippen molar-refractivity contribution >= 4 is 17.5 Å². The number of carbonyl (C=O) groups excluding carboxylic acids is 1. The number of amides is 1. The Morgan fingerprint density at radius 3 is 2.46 bits per heavy atom. The molecule has 0 N–H and O–H groups in total. The molecule has 3 heterocycles. The highest BCUT2D eigenvalue weighted by atomic mass is 35.5. The zero-order chi connectivity index (χ0) is 19.4. The largest absolute Gasteiger partial charge is 0.474 e. The SMILES string of the molecule is O=C(N1CCC(Oc2ccc(Cl)cn2)CC1)C1(c2ccccc2)CCOCC1. The first-order valence-electron chi connectivity index (χ1n) is 9.88. The van der Waals surface area contributed by atoms with Crippen LogP contribution in [-0.4, -0.2) is 48.2 Å². The summed E-state index contributed by atoms with van der Waals surface area (Å²) in [4.78, 5) is 19.8. The summed E-state index contributed by atoms with van der Waals surface area (Å²) >= 11 is 5.87. The lowest BCUT2D eigenvalue weighted by molar-refractivity contribution is -0.143. The number of ether oxygens (including phenoxy) is 2. The second-order valence-corrected chi connectivity index (χ2v) is 7.92. The molecule has 0 atom stereocenters. The molecule has 2 aromatic rings. The average Bonchev–Trinajstić information content (AvgIpc) is 2.76. The van der Waals surface area contributed by atoms with Crippen molar-refractivity contribution in [2.45, 2.75) is 37.2 Å². The van der Waals surface area contributed by atoms with Gasteiger partial charge in [0.1, 0.15) is 6.10 Å². The van der Waals surface area contributed by atoms with Crippen LogP contribution >= 0.6 is 11.6 Å². The van der Waals surface area contributed by atoms with E-state index in [2.05, 4.69) is 17.1 Å². The van der Waals surface area contributed by atoms with E-state index in [1.165, 1.54) is 0 Å². The highest BCUT2D eigenvalue weighted by molar-refractivity contribution is 6.30. The lowest BCUT2D eigenvalue weighted by Gasteiger charge is -2.42. The van der Waals surface area contributed by atoms with Gasteiger partial charge in [0.15, 0.2) is 0 Å². The van der Waals surface area contributed by atoms with Gasteiger partial charge in [-0.1, -0.05) is 41.9 Å². The molecule has 6 heteroatoms. The van der Waals surface area contributed by atoms with Crippen molar-refractivity contribution < 1.29 is 14.3 Å². The van der Waals surface area contributed by atoms with E-state index < -0.39 is 5.41 Å². The molecule has 2 fully saturated rings. The van der Waals surface area contributed by atoms with Crippen molar-refractivity contribution in [3.05, 3.63) is 59.2 Å². The number of piperidine rings is 1. The zero-order valence-corrected chi connectivity index (χ0v) is 16.6. The van der Waals surface area contributed by atoms with Crippen LogP contribution in [0.3, 0.4) is 0 Å². The predicted molar refractivity (Wildman–Crippen MR) is 108 cm³/mol. The number of aromatic nitrogens is 1. The number of pyridine rings is 1. The number of nitrogens with zero attached hydrogens (tertiary/aromatic N) is 2. The first kappa shape index (κ1) is 19.2. The van der Waals surface area contributed by atoms with E-state index in [0.29, 0.717) is 37.2 Å². The van der Waals surface area contributed by atoms with Crippen molar-refractivity contribution in [2.24, 2.45) is 0 Å². The van der Waals surface area contributed by atoms with Crippen LogP contribution in [-0.2, 0) is 14.9 Å².